The van der Waals surface area contributed by atoms with E-state index in [0.717, 1.165) is 24.3 Å². The van der Waals surface area contributed by atoms with Crippen molar-refractivity contribution < 1.29 is 27.2 Å². The molecule has 0 unspecified atom stereocenters. The molecule has 3 nitrogen and oxygen atoms in total. The standard InChI is InChI=1S/C16H7Cl2F4NO2/c1-6(7-5-8(17)14(22)12(18)13(7)21)15(24)23-16(25)11-9(19)3-2-4-10(11)20/h2-5H,1H2,(H,23,24,25). The Morgan fingerprint density at radius 1 is 1.00 bits per heavy atom. The molecule has 2 aromatic carbocycles. The second-order valence-electron chi connectivity index (χ2n) is 4.71. The molecule has 0 saturated carbocycles. The largest absolute Gasteiger partial charge is 0.288 e. The van der Waals surface area contributed by atoms with Crippen LogP contribution in [0.25, 0.3) is 5.57 Å². The van der Waals surface area contributed by atoms with Gasteiger partial charge in [0.25, 0.3) is 11.8 Å². The molecular weight excluding hydrogens is 385 g/mol. The topological polar surface area (TPSA) is 46.2 Å². The minimum Gasteiger partial charge on any atom is -0.288 e. The van der Waals surface area contributed by atoms with Gasteiger partial charge in [-0.15, -0.1) is 0 Å². The van der Waals surface area contributed by atoms with Crippen molar-refractivity contribution >= 4 is 40.6 Å². The molecule has 0 aliphatic rings. The van der Waals surface area contributed by atoms with Crippen LogP contribution in [0, 0.1) is 23.3 Å². The number of halogens is 6. The normalized spacial score (nSPS) is 10.5. The Morgan fingerprint density at radius 3 is 2.12 bits per heavy atom. The molecule has 0 heterocycles. The van der Waals surface area contributed by atoms with E-state index in [1.165, 1.54) is 0 Å². The van der Waals surface area contributed by atoms with Crippen molar-refractivity contribution in [3.63, 3.8) is 0 Å². The van der Waals surface area contributed by atoms with Gasteiger partial charge in [-0.1, -0.05) is 35.8 Å². The average molecular weight is 392 g/mol. The van der Waals surface area contributed by atoms with Gasteiger partial charge < -0.3 is 0 Å². The van der Waals surface area contributed by atoms with Crippen LogP contribution in [0.1, 0.15) is 15.9 Å². The van der Waals surface area contributed by atoms with Gasteiger partial charge in [-0.25, -0.2) is 17.6 Å². The fraction of sp³-hybridized carbons (Fsp3) is 0. The van der Waals surface area contributed by atoms with E-state index in [1.54, 1.807) is 5.32 Å². The Kier molecular flexibility index (Phi) is 5.49. The maximum absolute atomic E-state index is 14.0. The second-order valence-corrected chi connectivity index (χ2v) is 5.49. The highest BCUT2D eigenvalue weighted by Crippen LogP contribution is 2.31. The Bertz CT molecular complexity index is 895. The third-order valence-corrected chi connectivity index (χ3v) is 3.73. The zero-order valence-electron chi connectivity index (χ0n) is 12.1. The van der Waals surface area contributed by atoms with Crippen LogP contribution in [0.4, 0.5) is 17.6 Å². The molecule has 2 aromatic rings. The molecule has 9 heteroatoms. The summed E-state index contributed by atoms with van der Waals surface area (Å²) in [4.78, 5) is 23.8. The van der Waals surface area contributed by atoms with Gasteiger partial charge >= 0.3 is 0 Å². The van der Waals surface area contributed by atoms with Gasteiger partial charge in [0.15, 0.2) is 11.6 Å². The molecule has 0 atom stereocenters. The number of benzene rings is 2. The van der Waals surface area contributed by atoms with Crippen molar-refractivity contribution in [3.8, 4) is 0 Å². The van der Waals surface area contributed by atoms with Crippen molar-refractivity contribution in [1.82, 2.24) is 5.32 Å². The average Bonchev–Trinajstić information content (AvgIpc) is 2.55. The van der Waals surface area contributed by atoms with Crippen molar-refractivity contribution in [2.24, 2.45) is 0 Å². The maximum atomic E-state index is 14.0. The van der Waals surface area contributed by atoms with Gasteiger partial charge in [0.1, 0.15) is 22.2 Å². The fourth-order valence-corrected chi connectivity index (χ4v) is 2.33. The van der Waals surface area contributed by atoms with Crippen LogP contribution < -0.4 is 5.32 Å². The van der Waals surface area contributed by atoms with E-state index in [0.29, 0.717) is 0 Å². The van der Waals surface area contributed by atoms with Gasteiger partial charge in [0.05, 0.1) is 5.02 Å². The van der Waals surface area contributed by atoms with Gasteiger partial charge in [0.2, 0.25) is 0 Å². The maximum Gasteiger partial charge on any atom is 0.264 e. The van der Waals surface area contributed by atoms with E-state index in [1.807, 2.05) is 0 Å². The summed E-state index contributed by atoms with van der Waals surface area (Å²) in [7, 11) is 0. The Hall–Kier alpha value is -2.38. The van der Waals surface area contributed by atoms with Gasteiger partial charge in [-0.05, 0) is 18.2 Å². The number of carbonyl (C=O) groups excluding carboxylic acids is 2. The number of carbonyl (C=O) groups is 2. The lowest BCUT2D eigenvalue weighted by Crippen LogP contribution is -2.32. The summed E-state index contributed by atoms with van der Waals surface area (Å²) in [6.07, 6.45) is 0. The van der Waals surface area contributed by atoms with Crippen LogP contribution in [0.2, 0.25) is 10.0 Å². The van der Waals surface area contributed by atoms with Crippen LogP contribution in [0.15, 0.2) is 30.8 Å². The van der Waals surface area contributed by atoms with Crippen molar-refractivity contribution in [1.29, 1.82) is 0 Å². The first-order valence-corrected chi connectivity index (χ1v) is 7.22. The molecular formula is C16H7Cl2F4NO2. The van der Waals surface area contributed by atoms with Crippen molar-refractivity contribution in [2.45, 2.75) is 0 Å². The summed E-state index contributed by atoms with van der Waals surface area (Å²) in [5.74, 6) is -7.63. The smallest absolute Gasteiger partial charge is 0.264 e. The molecule has 0 aliphatic heterocycles. The van der Waals surface area contributed by atoms with Crippen molar-refractivity contribution in [2.75, 3.05) is 0 Å². The highest BCUT2D eigenvalue weighted by atomic mass is 35.5. The SMILES string of the molecule is C=C(C(=O)NC(=O)c1c(F)cccc1F)c1cc(Cl)c(F)c(Cl)c1F. The monoisotopic (exact) mass is 391 g/mol. The minimum absolute atomic E-state index is 0.573. The lowest BCUT2D eigenvalue weighted by Gasteiger charge is -2.11. The molecule has 1 N–H and O–H groups in total. The molecule has 0 fully saturated rings. The molecule has 0 spiro atoms. The van der Waals surface area contributed by atoms with E-state index in [2.05, 4.69) is 6.58 Å². The second kappa shape index (κ2) is 7.25. The molecule has 0 aliphatic carbocycles. The van der Waals surface area contributed by atoms with E-state index in [-0.39, 0.29) is 0 Å². The zero-order valence-corrected chi connectivity index (χ0v) is 13.6. The molecule has 0 bridgehead atoms. The van der Waals surface area contributed by atoms with Crippen LogP contribution in [0.5, 0.6) is 0 Å². The first-order chi connectivity index (χ1) is 11.6. The lowest BCUT2D eigenvalue weighted by atomic mass is 10.1. The molecule has 2 rings (SSSR count). The quantitative estimate of drug-likeness (QED) is 0.362. The number of hydrogen-bond acceptors (Lipinski definition) is 2. The van der Waals surface area contributed by atoms with E-state index < -0.39 is 61.8 Å². The summed E-state index contributed by atoms with van der Waals surface area (Å²) < 4.78 is 54.4. The van der Waals surface area contributed by atoms with Gasteiger partial charge in [-0.3, -0.25) is 14.9 Å². The molecule has 0 aromatic heterocycles. The van der Waals surface area contributed by atoms with Gasteiger partial charge in [0, 0.05) is 11.1 Å². The molecule has 130 valence electrons. The van der Waals surface area contributed by atoms with Gasteiger partial charge in [-0.2, -0.15) is 0 Å². The third kappa shape index (κ3) is 3.67. The van der Waals surface area contributed by atoms with Crippen LogP contribution in [-0.4, -0.2) is 11.8 Å². The van der Waals surface area contributed by atoms with Crippen LogP contribution >= 0.6 is 23.2 Å². The molecule has 0 radical (unpaired) electrons. The predicted molar refractivity (Wildman–Crippen MR) is 84.2 cm³/mol. The van der Waals surface area contributed by atoms with Crippen LogP contribution in [0.3, 0.4) is 0 Å². The lowest BCUT2D eigenvalue weighted by molar-refractivity contribution is -0.114. The number of nitrogens with one attached hydrogen (secondary N) is 1. The van der Waals surface area contributed by atoms with Crippen molar-refractivity contribution in [3.05, 3.63) is 75.3 Å². The first-order valence-electron chi connectivity index (χ1n) is 6.47. The first kappa shape index (κ1) is 19.0. The van der Waals surface area contributed by atoms with E-state index in [9.17, 15) is 27.2 Å². The molecule has 25 heavy (non-hydrogen) atoms. The predicted octanol–water partition coefficient (Wildman–Crippen LogP) is 4.52. The number of hydrogen-bond donors (Lipinski definition) is 1. The zero-order chi connectivity index (χ0) is 18.9. The fourth-order valence-electron chi connectivity index (χ4n) is 1.87. The molecule has 2 amide bonds. The minimum atomic E-state index is -1.40. The summed E-state index contributed by atoms with van der Waals surface area (Å²) in [6, 6.07) is 3.40. The number of imide groups is 1. The molecule has 0 saturated heterocycles. The van der Waals surface area contributed by atoms with E-state index in [4.69, 9.17) is 23.2 Å². The summed E-state index contributed by atoms with van der Waals surface area (Å²) in [5, 5.41) is 0.102. The Morgan fingerprint density at radius 2 is 1.56 bits per heavy atom. The number of amides is 2. The summed E-state index contributed by atoms with van der Waals surface area (Å²) in [6.45, 7) is 3.26. The summed E-state index contributed by atoms with van der Waals surface area (Å²) in [5.41, 5.74) is -2.22. The highest BCUT2D eigenvalue weighted by molar-refractivity contribution is 6.36. The summed E-state index contributed by atoms with van der Waals surface area (Å²) >= 11 is 10.9. The van der Waals surface area contributed by atoms with Crippen LogP contribution in [-0.2, 0) is 4.79 Å². The highest BCUT2D eigenvalue weighted by Gasteiger charge is 2.24. The third-order valence-electron chi connectivity index (χ3n) is 3.12. The Balaban J connectivity index is 2.30. The number of rotatable bonds is 3. The van der Waals surface area contributed by atoms with E-state index >= 15 is 0 Å². The Labute approximate surface area is 148 Å².